The molecule has 0 spiro atoms. The van der Waals surface area contributed by atoms with Gasteiger partial charge in [0, 0.05) is 17.6 Å². The number of thiazole rings is 1. The molecule has 2 aromatic heterocycles. The molecule has 0 aliphatic carbocycles. The van der Waals surface area contributed by atoms with Crippen molar-refractivity contribution in [3.63, 3.8) is 0 Å². The number of nitrogens with two attached hydrogens (primary N) is 1. The standard InChI is InChI=1S/C13H20N4OS/c1-4-13(5-2,8-14)12-16-10(17-18-12)6-11-15-9(3)7-19-11/h7H,4-6,8,14H2,1-3H3. The summed E-state index contributed by atoms with van der Waals surface area (Å²) in [5, 5.41) is 7.09. The third-order valence-corrected chi connectivity index (χ3v) is 4.61. The third kappa shape index (κ3) is 2.84. The van der Waals surface area contributed by atoms with Gasteiger partial charge in [-0.3, -0.25) is 0 Å². The monoisotopic (exact) mass is 280 g/mol. The molecule has 0 aromatic carbocycles. The maximum atomic E-state index is 5.89. The van der Waals surface area contributed by atoms with Crippen LogP contribution in [0.3, 0.4) is 0 Å². The number of hydrogen-bond donors (Lipinski definition) is 1. The minimum absolute atomic E-state index is 0.190. The lowest BCUT2D eigenvalue weighted by Crippen LogP contribution is -2.34. The van der Waals surface area contributed by atoms with E-state index in [1.54, 1.807) is 11.3 Å². The van der Waals surface area contributed by atoms with Gasteiger partial charge >= 0.3 is 0 Å². The Morgan fingerprint density at radius 2 is 2.05 bits per heavy atom. The van der Waals surface area contributed by atoms with Gasteiger partial charge < -0.3 is 10.3 Å². The fourth-order valence-electron chi connectivity index (χ4n) is 2.09. The molecule has 2 aromatic rings. The zero-order valence-corrected chi connectivity index (χ0v) is 12.5. The van der Waals surface area contributed by atoms with E-state index in [0.717, 1.165) is 23.5 Å². The predicted molar refractivity (Wildman–Crippen MR) is 75.3 cm³/mol. The van der Waals surface area contributed by atoms with Gasteiger partial charge in [-0.05, 0) is 19.8 Å². The Morgan fingerprint density at radius 3 is 2.58 bits per heavy atom. The van der Waals surface area contributed by atoms with E-state index in [9.17, 15) is 0 Å². The zero-order chi connectivity index (χ0) is 13.9. The number of nitrogens with zero attached hydrogens (tertiary/aromatic N) is 3. The first kappa shape index (κ1) is 14.1. The van der Waals surface area contributed by atoms with Gasteiger partial charge in [-0.2, -0.15) is 4.98 Å². The lowest BCUT2D eigenvalue weighted by atomic mass is 9.82. The van der Waals surface area contributed by atoms with E-state index in [4.69, 9.17) is 10.3 Å². The molecule has 0 aliphatic heterocycles. The second-order valence-corrected chi connectivity index (χ2v) is 5.71. The minimum Gasteiger partial charge on any atom is -0.339 e. The summed E-state index contributed by atoms with van der Waals surface area (Å²) in [6.07, 6.45) is 2.42. The molecule has 2 heterocycles. The normalized spacial score (nSPS) is 12.0. The van der Waals surface area contributed by atoms with Crippen LogP contribution in [0.2, 0.25) is 0 Å². The van der Waals surface area contributed by atoms with Crippen LogP contribution in [-0.4, -0.2) is 21.7 Å². The van der Waals surface area contributed by atoms with Gasteiger partial charge in [0.1, 0.15) is 5.01 Å². The largest absolute Gasteiger partial charge is 0.339 e. The molecule has 0 bridgehead atoms. The van der Waals surface area contributed by atoms with Crippen molar-refractivity contribution in [2.24, 2.45) is 5.73 Å². The van der Waals surface area contributed by atoms with Crippen LogP contribution in [0.25, 0.3) is 0 Å². The highest BCUT2D eigenvalue weighted by Crippen LogP contribution is 2.29. The van der Waals surface area contributed by atoms with E-state index in [1.165, 1.54) is 0 Å². The number of rotatable bonds is 6. The van der Waals surface area contributed by atoms with E-state index in [-0.39, 0.29) is 5.41 Å². The molecular formula is C13H20N4OS. The molecule has 0 saturated carbocycles. The molecule has 104 valence electrons. The molecule has 0 unspecified atom stereocenters. The van der Waals surface area contributed by atoms with Crippen molar-refractivity contribution in [3.05, 3.63) is 27.8 Å². The maximum absolute atomic E-state index is 5.89. The first-order chi connectivity index (χ1) is 9.13. The second-order valence-electron chi connectivity index (χ2n) is 4.77. The summed E-state index contributed by atoms with van der Waals surface area (Å²) in [6.45, 7) is 6.71. The summed E-state index contributed by atoms with van der Waals surface area (Å²) in [5.41, 5.74) is 6.73. The van der Waals surface area contributed by atoms with Crippen LogP contribution in [0.15, 0.2) is 9.90 Å². The van der Waals surface area contributed by atoms with E-state index in [1.807, 2.05) is 12.3 Å². The average Bonchev–Trinajstić information content (AvgIpc) is 3.03. The maximum Gasteiger partial charge on any atom is 0.234 e. The Kier molecular flexibility index (Phi) is 4.31. The quantitative estimate of drug-likeness (QED) is 0.879. The van der Waals surface area contributed by atoms with Gasteiger partial charge in [-0.1, -0.05) is 19.0 Å². The molecule has 0 fully saturated rings. The van der Waals surface area contributed by atoms with Gasteiger partial charge in [-0.25, -0.2) is 4.98 Å². The van der Waals surface area contributed by atoms with E-state index >= 15 is 0 Å². The fourth-order valence-corrected chi connectivity index (χ4v) is 2.86. The van der Waals surface area contributed by atoms with Gasteiger partial charge in [0.15, 0.2) is 5.82 Å². The van der Waals surface area contributed by atoms with Crippen LogP contribution >= 0.6 is 11.3 Å². The molecular weight excluding hydrogens is 260 g/mol. The Labute approximate surface area is 117 Å². The Bertz CT molecular complexity index is 522. The highest BCUT2D eigenvalue weighted by atomic mass is 32.1. The highest BCUT2D eigenvalue weighted by Gasteiger charge is 2.33. The smallest absolute Gasteiger partial charge is 0.234 e. The van der Waals surface area contributed by atoms with Gasteiger partial charge in [0.25, 0.3) is 0 Å². The zero-order valence-electron chi connectivity index (χ0n) is 11.6. The molecule has 19 heavy (non-hydrogen) atoms. The van der Waals surface area contributed by atoms with Crippen LogP contribution in [0.4, 0.5) is 0 Å². The number of aromatic nitrogens is 3. The van der Waals surface area contributed by atoms with Crippen LogP contribution in [0.5, 0.6) is 0 Å². The molecule has 0 aliphatic rings. The lowest BCUT2D eigenvalue weighted by molar-refractivity contribution is 0.266. The third-order valence-electron chi connectivity index (χ3n) is 3.64. The fraction of sp³-hybridized carbons (Fsp3) is 0.615. The predicted octanol–water partition coefficient (Wildman–Crippen LogP) is 2.44. The Balaban J connectivity index is 2.18. The number of aryl methyl sites for hydroxylation is 1. The van der Waals surface area contributed by atoms with Gasteiger partial charge in [0.05, 0.1) is 11.8 Å². The Hall–Kier alpha value is -1.27. The average molecular weight is 280 g/mol. The van der Waals surface area contributed by atoms with Crippen molar-refractivity contribution in [1.82, 2.24) is 15.1 Å². The molecule has 2 rings (SSSR count). The SMILES string of the molecule is CCC(CC)(CN)c1nc(Cc2nc(C)cs2)no1. The van der Waals surface area contributed by atoms with Crippen molar-refractivity contribution in [1.29, 1.82) is 0 Å². The second kappa shape index (κ2) is 5.79. The number of hydrogen-bond acceptors (Lipinski definition) is 6. The van der Waals surface area contributed by atoms with Crippen molar-refractivity contribution < 1.29 is 4.52 Å². The summed E-state index contributed by atoms with van der Waals surface area (Å²) >= 11 is 1.62. The minimum atomic E-state index is -0.190. The van der Waals surface area contributed by atoms with E-state index in [0.29, 0.717) is 24.7 Å². The van der Waals surface area contributed by atoms with Crippen LogP contribution < -0.4 is 5.73 Å². The van der Waals surface area contributed by atoms with Crippen molar-refractivity contribution >= 4 is 11.3 Å². The summed E-state index contributed by atoms with van der Waals surface area (Å²) in [6, 6.07) is 0. The highest BCUT2D eigenvalue weighted by molar-refractivity contribution is 7.09. The topological polar surface area (TPSA) is 77.8 Å². The van der Waals surface area contributed by atoms with Crippen molar-refractivity contribution in [3.8, 4) is 0 Å². The van der Waals surface area contributed by atoms with Gasteiger partial charge in [-0.15, -0.1) is 11.3 Å². The van der Waals surface area contributed by atoms with Crippen LogP contribution in [0.1, 0.15) is 49.1 Å². The van der Waals surface area contributed by atoms with Crippen molar-refractivity contribution in [2.45, 2.75) is 45.4 Å². The first-order valence-electron chi connectivity index (χ1n) is 6.57. The molecule has 0 amide bonds. The summed E-state index contributed by atoms with van der Waals surface area (Å²) in [7, 11) is 0. The molecule has 2 N–H and O–H groups in total. The molecule has 5 nitrogen and oxygen atoms in total. The molecule has 0 saturated heterocycles. The summed E-state index contributed by atoms with van der Waals surface area (Å²) in [4.78, 5) is 8.92. The lowest BCUT2D eigenvalue weighted by Gasteiger charge is -2.24. The van der Waals surface area contributed by atoms with Crippen molar-refractivity contribution in [2.75, 3.05) is 6.54 Å². The summed E-state index contributed by atoms with van der Waals surface area (Å²) < 4.78 is 5.42. The van der Waals surface area contributed by atoms with Crippen LogP contribution in [0, 0.1) is 6.92 Å². The van der Waals surface area contributed by atoms with Gasteiger partial charge in [0.2, 0.25) is 5.89 Å². The molecule has 0 atom stereocenters. The summed E-state index contributed by atoms with van der Waals surface area (Å²) in [5.74, 6) is 1.34. The van der Waals surface area contributed by atoms with E-state index < -0.39 is 0 Å². The molecule has 0 radical (unpaired) electrons. The Morgan fingerprint density at radius 1 is 1.32 bits per heavy atom. The molecule has 6 heteroatoms. The first-order valence-corrected chi connectivity index (χ1v) is 7.45. The van der Waals surface area contributed by atoms with Crippen LogP contribution in [-0.2, 0) is 11.8 Å². The van der Waals surface area contributed by atoms with E-state index in [2.05, 4.69) is 29.0 Å².